The maximum atomic E-state index is 5.35. The van der Waals surface area contributed by atoms with Crippen LogP contribution in [0.25, 0.3) is 0 Å². The van der Waals surface area contributed by atoms with Gasteiger partial charge in [-0.2, -0.15) is 23.5 Å². The largest absolute Gasteiger partial charge is 0.368 e. The summed E-state index contributed by atoms with van der Waals surface area (Å²) >= 11 is 7.45. The Morgan fingerprint density at radius 1 is 1.41 bits per heavy atom. The molecule has 1 fully saturated rings. The number of nitrogens with two attached hydrogens (primary N) is 1. The summed E-state index contributed by atoms with van der Waals surface area (Å²) in [6.45, 7) is 0.914. The molecule has 94 valence electrons. The average molecular weight is 336 g/mol. The van der Waals surface area contributed by atoms with E-state index in [2.05, 4.69) is 36.6 Å². The van der Waals surface area contributed by atoms with Gasteiger partial charge in [0.2, 0.25) is 0 Å². The quantitative estimate of drug-likeness (QED) is 0.572. The molecular formula is C9H14BrN5S2. The highest BCUT2D eigenvalue weighted by molar-refractivity contribution is 9.10. The van der Waals surface area contributed by atoms with E-state index in [0.717, 1.165) is 16.8 Å². The van der Waals surface area contributed by atoms with E-state index in [0.29, 0.717) is 11.1 Å². The molecule has 8 heteroatoms. The number of aromatic nitrogens is 2. The number of hydrogen-bond acceptors (Lipinski definition) is 7. The number of rotatable bonds is 4. The van der Waals surface area contributed by atoms with Crippen LogP contribution < -0.4 is 16.6 Å². The first-order chi connectivity index (χ1) is 8.31. The molecule has 2 heterocycles. The Morgan fingerprint density at radius 3 is 2.94 bits per heavy atom. The van der Waals surface area contributed by atoms with Gasteiger partial charge in [-0.15, -0.1) is 0 Å². The van der Waals surface area contributed by atoms with Crippen LogP contribution in [0.4, 0.5) is 11.6 Å². The third kappa shape index (κ3) is 3.64. The summed E-state index contributed by atoms with van der Waals surface area (Å²) in [6, 6.07) is 0. The van der Waals surface area contributed by atoms with E-state index in [4.69, 9.17) is 5.84 Å². The molecule has 0 aliphatic carbocycles. The van der Waals surface area contributed by atoms with E-state index in [1.807, 2.05) is 23.5 Å². The third-order valence-electron chi connectivity index (χ3n) is 2.31. The van der Waals surface area contributed by atoms with Gasteiger partial charge in [0.05, 0.1) is 0 Å². The van der Waals surface area contributed by atoms with Gasteiger partial charge in [-0.25, -0.2) is 15.8 Å². The monoisotopic (exact) mass is 335 g/mol. The Balaban J connectivity index is 1.93. The summed E-state index contributed by atoms with van der Waals surface area (Å²) in [5.74, 6) is 10.4. The second-order valence-corrected chi connectivity index (χ2v) is 6.83. The molecule has 0 amide bonds. The molecule has 2 rings (SSSR count). The summed E-state index contributed by atoms with van der Waals surface area (Å²) in [6.07, 6.45) is 1.49. The highest BCUT2D eigenvalue weighted by Crippen LogP contribution is 2.28. The number of halogens is 1. The predicted molar refractivity (Wildman–Crippen MR) is 79.6 cm³/mol. The van der Waals surface area contributed by atoms with Gasteiger partial charge >= 0.3 is 0 Å². The fourth-order valence-electron chi connectivity index (χ4n) is 1.46. The summed E-state index contributed by atoms with van der Waals surface area (Å²) < 4.78 is 0.774. The van der Waals surface area contributed by atoms with Gasteiger partial charge in [0.15, 0.2) is 5.82 Å². The van der Waals surface area contributed by atoms with Gasteiger partial charge in [0.25, 0.3) is 0 Å². The van der Waals surface area contributed by atoms with Crippen molar-refractivity contribution in [2.24, 2.45) is 5.84 Å². The molecule has 1 aromatic rings. The number of anilines is 2. The van der Waals surface area contributed by atoms with Crippen molar-refractivity contribution in [3.63, 3.8) is 0 Å². The van der Waals surface area contributed by atoms with Gasteiger partial charge in [-0.3, -0.25) is 0 Å². The van der Waals surface area contributed by atoms with Crippen LogP contribution in [0.15, 0.2) is 10.8 Å². The van der Waals surface area contributed by atoms with Crippen molar-refractivity contribution in [3.8, 4) is 0 Å². The fraction of sp³-hybridized carbons (Fsp3) is 0.556. The Morgan fingerprint density at radius 2 is 2.24 bits per heavy atom. The molecular weight excluding hydrogens is 322 g/mol. The number of nitrogens with zero attached hydrogens (tertiary/aromatic N) is 2. The van der Waals surface area contributed by atoms with Crippen molar-refractivity contribution in [1.82, 2.24) is 9.97 Å². The van der Waals surface area contributed by atoms with E-state index < -0.39 is 0 Å². The SMILES string of the molecule is NNc1ncnc(NCC2CSCCS2)c1Br. The highest BCUT2D eigenvalue weighted by Gasteiger charge is 2.15. The van der Waals surface area contributed by atoms with Crippen molar-refractivity contribution >= 4 is 51.1 Å². The molecule has 5 nitrogen and oxygen atoms in total. The van der Waals surface area contributed by atoms with Crippen molar-refractivity contribution in [3.05, 3.63) is 10.8 Å². The van der Waals surface area contributed by atoms with Crippen LogP contribution in [0.1, 0.15) is 0 Å². The lowest BCUT2D eigenvalue weighted by atomic mass is 10.4. The molecule has 1 aromatic heterocycles. The number of hydrazine groups is 1. The molecule has 1 unspecified atom stereocenters. The van der Waals surface area contributed by atoms with Crippen molar-refractivity contribution in [1.29, 1.82) is 0 Å². The minimum Gasteiger partial charge on any atom is -0.368 e. The van der Waals surface area contributed by atoms with Crippen molar-refractivity contribution in [2.75, 3.05) is 34.5 Å². The lowest BCUT2D eigenvalue weighted by Gasteiger charge is -2.21. The number of thioether (sulfide) groups is 2. The molecule has 0 radical (unpaired) electrons. The molecule has 1 aliphatic rings. The fourth-order valence-corrected chi connectivity index (χ4v) is 4.53. The summed E-state index contributed by atoms with van der Waals surface area (Å²) in [4.78, 5) is 8.20. The van der Waals surface area contributed by atoms with Gasteiger partial charge < -0.3 is 10.7 Å². The first-order valence-corrected chi connectivity index (χ1v) is 8.21. The second-order valence-electron chi connectivity index (χ2n) is 3.48. The van der Waals surface area contributed by atoms with Gasteiger partial charge in [-0.1, -0.05) is 0 Å². The van der Waals surface area contributed by atoms with Crippen LogP contribution >= 0.6 is 39.5 Å². The molecule has 0 spiro atoms. The molecule has 1 aliphatic heterocycles. The van der Waals surface area contributed by atoms with E-state index in [1.165, 1.54) is 23.6 Å². The van der Waals surface area contributed by atoms with Crippen LogP contribution in [-0.2, 0) is 0 Å². The van der Waals surface area contributed by atoms with Crippen LogP contribution in [0.2, 0.25) is 0 Å². The molecule has 0 bridgehead atoms. The first-order valence-electron chi connectivity index (χ1n) is 5.21. The zero-order valence-corrected chi connectivity index (χ0v) is 12.4. The van der Waals surface area contributed by atoms with Crippen LogP contribution in [-0.4, -0.2) is 39.0 Å². The minimum atomic E-state index is 0.591. The smallest absolute Gasteiger partial charge is 0.159 e. The lowest BCUT2D eigenvalue weighted by molar-refractivity contribution is 0.983. The molecule has 1 atom stereocenters. The third-order valence-corrected chi connectivity index (χ3v) is 5.90. The molecule has 4 N–H and O–H groups in total. The van der Waals surface area contributed by atoms with Crippen molar-refractivity contribution < 1.29 is 0 Å². The predicted octanol–water partition coefficient (Wildman–Crippen LogP) is 1.79. The summed E-state index contributed by atoms with van der Waals surface area (Å²) in [7, 11) is 0. The number of hydrogen-bond donors (Lipinski definition) is 3. The lowest BCUT2D eigenvalue weighted by Crippen LogP contribution is -2.24. The topological polar surface area (TPSA) is 75.9 Å². The second kappa shape index (κ2) is 6.67. The molecule has 17 heavy (non-hydrogen) atoms. The van der Waals surface area contributed by atoms with Crippen molar-refractivity contribution in [2.45, 2.75) is 5.25 Å². The Bertz CT molecular complexity index is 372. The molecule has 1 saturated heterocycles. The number of nitrogens with one attached hydrogen (secondary N) is 2. The maximum absolute atomic E-state index is 5.35. The van der Waals surface area contributed by atoms with Gasteiger partial charge in [0.1, 0.15) is 16.6 Å². The zero-order valence-electron chi connectivity index (χ0n) is 9.15. The molecule has 0 aromatic carbocycles. The Kier molecular flexibility index (Phi) is 5.20. The first kappa shape index (κ1) is 13.3. The van der Waals surface area contributed by atoms with Crippen LogP contribution in [0.3, 0.4) is 0 Å². The van der Waals surface area contributed by atoms with Gasteiger partial charge in [0, 0.05) is 29.1 Å². The zero-order chi connectivity index (χ0) is 12.1. The Labute approximate surface area is 117 Å². The average Bonchev–Trinajstić information content (AvgIpc) is 2.39. The Hall–Kier alpha value is -0.180. The van der Waals surface area contributed by atoms with E-state index >= 15 is 0 Å². The summed E-state index contributed by atoms with van der Waals surface area (Å²) in [5.41, 5.74) is 2.53. The van der Waals surface area contributed by atoms with Crippen LogP contribution in [0.5, 0.6) is 0 Å². The maximum Gasteiger partial charge on any atom is 0.159 e. The standard InChI is InChI=1S/C9H14BrN5S2/c10-7-8(13-5-14-9(7)15-11)12-3-6-4-16-1-2-17-6/h5-6H,1-4,11H2,(H2,12,13,14,15). The normalized spacial score (nSPS) is 20.0. The minimum absolute atomic E-state index is 0.591. The highest BCUT2D eigenvalue weighted by atomic mass is 79.9. The van der Waals surface area contributed by atoms with E-state index in [-0.39, 0.29) is 0 Å². The van der Waals surface area contributed by atoms with Crippen LogP contribution in [0, 0.1) is 0 Å². The summed E-state index contributed by atoms with van der Waals surface area (Å²) in [5, 5.41) is 3.97. The van der Waals surface area contributed by atoms with E-state index in [9.17, 15) is 0 Å². The molecule has 0 saturated carbocycles. The van der Waals surface area contributed by atoms with Gasteiger partial charge in [-0.05, 0) is 15.9 Å². The number of nitrogen functional groups attached to an aromatic ring is 1. The van der Waals surface area contributed by atoms with E-state index in [1.54, 1.807) is 0 Å².